The van der Waals surface area contributed by atoms with E-state index >= 15 is 0 Å². The smallest absolute Gasteiger partial charge is 0.244 e. The molecule has 0 aliphatic rings. The third-order valence-corrected chi connectivity index (χ3v) is 4.12. The van der Waals surface area contributed by atoms with Crippen molar-refractivity contribution in [3.05, 3.63) is 59.2 Å². The van der Waals surface area contributed by atoms with Crippen LogP contribution in [0, 0.1) is 0 Å². The summed E-state index contributed by atoms with van der Waals surface area (Å²) in [6.07, 6.45) is 5.90. The number of methoxy groups -OCH3 is 4. The normalized spacial score (nSPS) is 11.4. The van der Waals surface area contributed by atoms with E-state index in [0.717, 1.165) is 11.1 Å². The Labute approximate surface area is 165 Å². The minimum atomic E-state index is -0.480. The number of carbonyl (C=O) groups excluding carboxylic acids is 1. The predicted molar refractivity (Wildman–Crippen MR) is 110 cm³/mol. The van der Waals surface area contributed by atoms with E-state index in [1.54, 1.807) is 46.6 Å². The molecule has 148 valence electrons. The van der Waals surface area contributed by atoms with E-state index in [2.05, 4.69) is 0 Å². The standard InChI is InChI=1S/C22H25NO5/c1-25-18-10-8-15(13-20(18)27-3)6-5-7-17(22(23)24)12-16-9-11-19(26-2)21(14-16)28-4/h5-6,8-14H,7H2,1-4H3,(H2,23,24)/b6-5-,17-12-. The van der Waals surface area contributed by atoms with Crippen LogP contribution in [0.3, 0.4) is 0 Å². The van der Waals surface area contributed by atoms with Gasteiger partial charge in [-0.05, 0) is 47.9 Å². The van der Waals surface area contributed by atoms with Crippen molar-refractivity contribution in [1.82, 2.24) is 0 Å². The van der Waals surface area contributed by atoms with Gasteiger partial charge in [0.15, 0.2) is 23.0 Å². The number of ether oxygens (including phenoxy) is 4. The van der Waals surface area contributed by atoms with E-state index in [1.807, 2.05) is 36.4 Å². The molecule has 0 saturated heterocycles. The molecule has 2 aromatic carbocycles. The van der Waals surface area contributed by atoms with Crippen molar-refractivity contribution >= 4 is 18.1 Å². The lowest BCUT2D eigenvalue weighted by Gasteiger charge is -2.08. The van der Waals surface area contributed by atoms with Gasteiger partial charge in [0.25, 0.3) is 0 Å². The number of nitrogens with two attached hydrogens (primary N) is 1. The Morgan fingerprint density at radius 1 is 0.821 bits per heavy atom. The molecule has 6 nitrogen and oxygen atoms in total. The van der Waals surface area contributed by atoms with E-state index in [-0.39, 0.29) is 0 Å². The lowest BCUT2D eigenvalue weighted by atomic mass is 10.1. The van der Waals surface area contributed by atoms with Crippen molar-refractivity contribution < 1.29 is 23.7 Å². The summed E-state index contributed by atoms with van der Waals surface area (Å²) in [4.78, 5) is 11.8. The quantitative estimate of drug-likeness (QED) is 0.668. The number of hydrogen-bond donors (Lipinski definition) is 1. The van der Waals surface area contributed by atoms with Crippen molar-refractivity contribution in [2.24, 2.45) is 5.73 Å². The molecular formula is C22H25NO5. The molecule has 0 bridgehead atoms. The fourth-order valence-electron chi connectivity index (χ4n) is 2.65. The first-order valence-electron chi connectivity index (χ1n) is 8.63. The maximum atomic E-state index is 11.8. The summed E-state index contributed by atoms with van der Waals surface area (Å²) in [6.45, 7) is 0. The summed E-state index contributed by atoms with van der Waals surface area (Å²) in [6, 6.07) is 11.0. The van der Waals surface area contributed by atoms with Crippen LogP contribution in [-0.2, 0) is 4.79 Å². The molecule has 0 unspecified atom stereocenters. The SMILES string of the molecule is COc1ccc(/C=C\C/C(=C/c2ccc(OC)c(OC)c2)C(N)=O)cc1OC. The maximum Gasteiger partial charge on any atom is 0.244 e. The van der Waals surface area contributed by atoms with Crippen molar-refractivity contribution in [2.45, 2.75) is 6.42 Å². The average molecular weight is 383 g/mol. The Bertz CT molecular complexity index is 886. The van der Waals surface area contributed by atoms with Crippen LogP contribution in [0.5, 0.6) is 23.0 Å². The number of amides is 1. The monoisotopic (exact) mass is 383 g/mol. The van der Waals surface area contributed by atoms with Gasteiger partial charge in [0.1, 0.15) is 0 Å². The highest BCUT2D eigenvalue weighted by atomic mass is 16.5. The predicted octanol–water partition coefficient (Wildman–Crippen LogP) is 3.69. The third kappa shape index (κ3) is 5.30. The number of benzene rings is 2. The summed E-state index contributed by atoms with van der Waals surface area (Å²) in [7, 11) is 6.31. The summed E-state index contributed by atoms with van der Waals surface area (Å²) < 4.78 is 21.0. The Morgan fingerprint density at radius 2 is 1.32 bits per heavy atom. The minimum absolute atomic E-state index is 0.387. The van der Waals surface area contributed by atoms with Crippen LogP contribution < -0.4 is 24.7 Å². The molecule has 0 fully saturated rings. The van der Waals surface area contributed by atoms with Crippen LogP contribution in [0.15, 0.2) is 48.0 Å². The van der Waals surface area contributed by atoms with Crippen LogP contribution in [0.25, 0.3) is 12.2 Å². The molecule has 0 aromatic heterocycles. The largest absolute Gasteiger partial charge is 0.493 e. The van der Waals surface area contributed by atoms with Crippen molar-refractivity contribution in [2.75, 3.05) is 28.4 Å². The minimum Gasteiger partial charge on any atom is -0.493 e. The van der Waals surface area contributed by atoms with Crippen LogP contribution in [0.1, 0.15) is 17.5 Å². The highest BCUT2D eigenvalue weighted by molar-refractivity contribution is 5.97. The number of rotatable bonds is 9. The van der Waals surface area contributed by atoms with Gasteiger partial charge in [-0.15, -0.1) is 0 Å². The van der Waals surface area contributed by atoms with Gasteiger partial charge in [-0.25, -0.2) is 0 Å². The molecule has 0 spiro atoms. The molecule has 28 heavy (non-hydrogen) atoms. The second-order valence-corrected chi connectivity index (χ2v) is 5.87. The van der Waals surface area contributed by atoms with Gasteiger partial charge >= 0.3 is 0 Å². The van der Waals surface area contributed by atoms with Crippen LogP contribution in [-0.4, -0.2) is 34.3 Å². The van der Waals surface area contributed by atoms with E-state index in [4.69, 9.17) is 24.7 Å². The number of allylic oxidation sites excluding steroid dienone is 1. The topological polar surface area (TPSA) is 80.0 Å². The maximum absolute atomic E-state index is 11.8. The fourth-order valence-corrected chi connectivity index (χ4v) is 2.65. The first-order valence-corrected chi connectivity index (χ1v) is 8.63. The third-order valence-electron chi connectivity index (χ3n) is 4.12. The molecule has 0 aliphatic carbocycles. The molecular weight excluding hydrogens is 358 g/mol. The molecule has 0 atom stereocenters. The molecule has 1 amide bonds. The van der Waals surface area contributed by atoms with Gasteiger partial charge < -0.3 is 24.7 Å². The first-order chi connectivity index (χ1) is 13.5. The Hall–Kier alpha value is -3.41. The molecule has 0 heterocycles. The average Bonchev–Trinajstić information content (AvgIpc) is 2.72. The van der Waals surface area contributed by atoms with Crippen LogP contribution in [0.2, 0.25) is 0 Å². The van der Waals surface area contributed by atoms with Gasteiger partial charge in [-0.1, -0.05) is 24.3 Å². The second kappa shape index (κ2) is 10.1. The van der Waals surface area contributed by atoms with Gasteiger partial charge in [-0.2, -0.15) is 0 Å². The highest BCUT2D eigenvalue weighted by Crippen LogP contribution is 2.29. The van der Waals surface area contributed by atoms with Crippen molar-refractivity contribution in [1.29, 1.82) is 0 Å². The first kappa shape index (κ1) is 20.9. The summed E-state index contributed by atoms with van der Waals surface area (Å²) >= 11 is 0. The molecule has 0 aliphatic heterocycles. The summed E-state index contributed by atoms with van der Waals surface area (Å²) in [5.74, 6) is 2.02. The fraction of sp³-hybridized carbons (Fsp3) is 0.227. The van der Waals surface area contributed by atoms with E-state index < -0.39 is 5.91 Å². The molecule has 6 heteroatoms. The van der Waals surface area contributed by atoms with Crippen molar-refractivity contribution in [3.8, 4) is 23.0 Å². The highest BCUT2D eigenvalue weighted by Gasteiger charge is 2.07. The molecule has 2 rings (SSSR count). The Balaban J connectivity index is 2.20. The van der Waals surface area contributed by atoms with E-state index in [1.165, 1.54) is 0 Å². The zero-order valence-corrected chi connectivity index (χ0v) is 16.5. The van der Waals surface area contributed by atoms with E-state index in [0.29, 0.717) is 35.0 Å². The molecule has 0 saturated carbocycles. The lowest BCUT2D eigenvalue weighted by Crippen LogP contribution is -2.13. The van der Waals surface area contributed by atoms with Gasteiger partial charge in [0.05, 0.1) is 28.4 Å². The molecule has 2 N–H and O–H groups in total. The zero-order chi connectivity index (χ0) is 20.5. The van der Waals surface area contributed by atoms with Crippen LogP contribution >= 0.6 is 0 Å². The molecule has 0 radical (unpaired) electrons. The second-order valence-electron chi connectivity index (χ2n) is 5.87. The van der Waals surface area contributed by atoms with Crippen molar-refractivity contribution in [3.63, 3.8) is 0 Å². The number of hydrogen-bond acceptors (Lipinski definition) is 5. The zero-order valence-electron chi connectivity index (χ0n) is 16.5. The number of carbonyl (C=O) groups is 1. The summed E-state index contributed by atoms with van der Waals surface area (Å²) in [5, 5.41) is 0. The Morgan fingerprint density at radius 3 is 1.82 bits per heavy atom. The van der Waals surface area contributed by atoms with Gasteiger partial charge in [0, 0.05) is 5.57 Å². The molecule has 2 aromatic rings. The van der Waals surface area contributed by atoms with E-state index in [9.17, 15) is 4.79 Å². The lowest BCUT2D eigenvalue weighted by molar-refractivity contribution is -0.114. The van der Waals surface area contributed by atoms with Gasteiger partial charge in [-0.3, -0.25) is 4.79 Å². The number of primary amides is 1. The summed E-state index contributed by atoms with van der Waals surface area (Å²) in [5.41, 5.74) is 7.74. The van der Waals surface area contributed by atoms with Gasteiger partial charge in [0.2, 0.25) is 5.91 Å². The Kier molecular flexibility index (Phi) is 7.51. The van der Waals surface area contributed by atoms with Crippen LogP contribution in [0.4, 0.5) is 0 Å².